The summed E-state index contributed by atoms with van der Waals surface area (Å²) in [4.78, 5) is 13.3. The second-order valence-electron chi connectivity index (χ2n) is 5.04. The zero-order valence-electron chi connectivity index (χ0n) is 13.5. The van der Waals surface area contributed by atoms with Crippen molar-refractivity contribution in [3.05, 3.63) is 59.7 Å². The molecule has 0 saturated carbocycles. The van der Waals surface area contributed by atoms with Crippen LogP contribution in [0, 0.1) is 6.92 Å². The first-order valence-electron chi connectivity index (χ1n) is 7.47. The molecule has 23 heavy (non-hydrogen) atoms. The van der Waals surface area contributed by atoms with E-state index in [2.05, 4.69) is 30.5 Å². The average molecular weight is 351 g/mol. The number of hydrogen-bond donors (Lipinski definition) is 2. The Bertz CT molecular complexity index is 634. The standard InChI is InChI=1S/C18H22N2OS.ClH/c1-3-19-12-15-9-5-6-10-16(15)20-18(21)13-22-17-11-7-4-8-14(17)2;/h4-11,19H,3,12-13H2,1-2H3,(H,20,21);1H. The van der Waals surface area contributed by atoms with Gasteiger partial charge in [0.1, 0.15) is 0 Å². The lowest BCUT2D eigenvalue weighted by Gasteiger charge is -2.11. The Morgan fingerprint density at radius 1 is 1.09 bits per heavy atom. The van der Waals surface area contributed by atoms with Gasteiger partial charge in [-0.15, -0.1) is 24.2 Å². The lowest BCUT2D eigenvalue weighted by Crippen LogP contribution is -2.18. The molecule has 2 N–H and O–H groups in total. The Morgan fingerprint density at radius 3 is 2.52 bits per heavy atom. The number of halogens is 1. The van der Waals surface area contributed by atoms with Crippen LogP contribution < -0.4 is 10.6 Å². The zero-order valence-corrected chi connectivity index (χ0v) is 15.1. The van der Waals surface area contributed by atoms with Crippen LogP contribution in [0.25, 0.3) is 0 Å². The van der Waals surface area contributed by atoms with Gasteiger partial charge in [0.2, 0.25) is 5.91 Å². The number of aryl methyl sites for hydroxylation is 1. The molecule has 0 heterocycles. The molecule has 0 fully saturated rings. The number of nitrogens with one attached hydrogen (secondary N) is 2. The number of carbonyl (C=O) groups is 1. The molecule has 2 aromatic carbocycles. The van der Waals surface area contributed by atoms with E-state index in [1.54, 1.807) is 11.8 Å². The summed E-state index contributed by atoms with van der Waals surface area (Å²) in [5.41, 5.74) is 3.20. The van der Waals surface area contributed by atoms with E-state index < -0.39 is 0 Å². The van der Waals surface area contributed by atoms with Crippen LogP contribution in [0.1, 0.15) is 18.1 Å². The number of rotatable bonds is 7. The van der Waals surface area contributed by atoms with Crippen molar-refractivity contribution in [2.45, 2.75) is 25.3 Å². The third kappa shape index (κ3) is 6.26. The van der Waals surface area contributed by atoms with E-state index in [9.17, 15) is 4.79 Å². The van der Waals surface area contributed by atoms with Gasteiger partial charge in [0.25, 0.3) is 0 Å². The maximum Gasteiger partial charge on any atom is 0.234 e. The SMILES string of the molecule is CCNCc1ccccc1NC(=O)CSc1ccccc1C.Cl. The molecule has 0 spiro atoms. The van der Waals surface area contributed by atoms with Gasteiger partial charge in [-0.05, 0) is 36.7 Å². The first kappa shape index (κ1) is 19.6. The van der Waals surface area contributed by atoms with Gasteiger partial charge in [-0.1, -0.05) is 43.3 Å². The minimum absolute atomic E-state index is 0. The first-order chi connectivity index (χ1) is 10.7. The normalized spacial score (nSPS) is 10.0. The van der Waals surface area contributed by atoms with E-state index in [1.165, 1.54) is 5.56 Å². The van der Waals surface area contributed by atoms with E-state index in [0.29, 0.717) is 5.75 Å². The Morgan fingerprint density at radius 2 is 1.78 bits per heavy atom. The summed E-state index contributed by atoms with van der Waals surface area (Å²) in [6.45, 7) is 5.80. The molecule has 0 radical (unpaired) electrons. The maximum absolute atomic E-state index is 12.2. The quantitative estimate of drug-likeness (QED) is 0.733. The van der Waals surface area contributed by atoms with E-state index in [-0.39, 0.29) is 18.3 Å². The molecule has 3 nitrogen and oxygen atoms in total. The van der Waals surface area contributed by atoms with Gasteiger partial charge in [-0.2, -0.15) is 0 Å². The van der Waals surface area contributed by atoms with Crippen LogP contribution in [0.15, 0.2) is 53.4 Å². The summed E-state index contributed by atoms with van der Waals surface area (Å²) in [5.74, 6) is 0.442. The Balaban J connectivity index is 0.00000264. The van der Waals surface area contributed by atoms with Gasteiger partial charge in [-0.3, -0.25) is 4.79 Å². The molecule has 0 unspecified atom stereocenters. The van der Waals surface area contributed by atoms with Crippen molar-refractivity contribution in [3.8, 4) is 0 Å². The Hall–Kier alpha value is -1.49. The molecule has 2 rings (SSSR count). The van der Waals surface area contributed by atoms with Crippen LogP contribution in [0.5, 0.6) is 0 Å². The first-order valence-corrected chi connectivity index (χ1v) is 8.46. The van der Waals surface area contributed by atoms with Gasteiger partial charge in [0.05, 0.1) is 5.75 Å². The number of hydrogen-bond acceptors (Lipinski definition) is 3. The van der Waals surface area contributed by atoms with Crippen molar-refractivity contribution in [1.29, 1.82) is 0 Å². The van der Waals surface area contributed by atoms with Crippen molar-refractivity contribution in [2.75, 3.05) is 17.6 Å². The molecule has 124 valence electrons. The van der Waals surface area contributed by atoms with E-state index >= 15 is 0 Å². The van der Waals surface area contributed by atoms with Gasteiger partial charge in [0, 0.05) is 17.1 Å². The summed E-state index contributed by atoms with van der Waals surface area (Å²) >= 11 is 1.57. The van der Waals surface area contributed by atoms with Crippen LogP contribution in [0.3, 0.4) is 0 Å². The smallest absolute Gasteiger partial charge is 0.234 e. The molecule has 0 saturated heterocycles. The van der Waals surface area contributed by atoms with Crippen molar-refractivity contribution < 1.29 is 4.79 Å². The molecule has 0 aliphatic carbocycles. The van der Waals surface area contributed by atoms with Gasteiger partial charge < -0.3 is 10.6 Å². The fraction of sp³-hybridized carbons (Fsp3) is 0.278. The molecular formula is C18H23ClN2OS. The minimum atomic E-state index is 0. The van der Waals surface area contributed by atoms with Crippen molar-refractivity contribution in [3.63, 3.8) is 0 Å². The average Bonchev–Trinajstić information content (AvgIpc) is 2.53. The Kier molecular flexibility index (Phi) is 8.77. The highest BCUT2D eigenvalue weighted by Crippen LogP contribution is 2.22. The number of anilines is 1. The van der Waals surface area contributed by atoms with Crippen molar-refractivity contribution >= 4 is 35.8 Å². The van der Waals surface area contributed by atoms with Gasteiger partial charge in [-0.25, -0.2) is 0 Å². The Labute approximate surface area is 148 Å². The number of amides is 1. The zero-order chi connectivity index (χ0) is 15.8. The third-order valence-corrected chi connectivity index (χ3v) is 4.48. The molecule has 2 aromatic rings. The summed E-state index contributed by atoms with van der Waals surface area (Å²) < 4.78 is 0. The fourth-order valence-electron chi connectivity index (χ4n) is 2.10. The fourth-order valence-corrected chi connectivity index (χ4v) is 2.93. The summed E-state index contributed by atoms with van der Waals surface area (Å²) in [6.07, 6.45) is 0. The van der Waals surface area contributed by atoms with Crippen LogP contribution in [-0.2, 0) is 11.3 Å². The highest BCUT2D eigenvalue weighted by molar-refractivity contribution is 8.00. The number of thioether (sulfide) groups is 1. The molecule has 0 atom stereocenters. The number of para-hydroxylation sites is 1. The van der Waals surface area contributed by atoms with E-state index in [0.717, 1.165) is 29.2 Å². The van der Waals surface area contributed by atoms with Gasteiger partial charge >= 0.3 is 0 Å². The second kappa shape index (κ2) is 10.3. The predicted molar refractivity (Wildman–Crippen MR) is 102 cm³/mol. The van der Waals surface area contributed by atoms with Crippen LogP contribution >= 0.6 is 24.2 Å². The number of benzene rings is 2. The molecule has 0 bridgehead atoms. The monoisotopic (exact) mass is 350 g/mol. The van der Waals surface area contributed by atoms with Crippen LogP contribution in [0.4, 0.5) is 5.69 Å². The highest BCUT2D eigenvalue weighted by atomic mass is 35.5. The second-order valence-corrected chi connectivity index (χ2v) is 6.06. The largest absolute Gasteiger partial charge is 0.325 e. The van der Waals surface area contributed by atoms with Gasteiger partial charge in [0.15, 0.2) is 0 Å². The molecule has 0 aromatic heterocycles. The van der Waals surface area contributed by atoms with Crippen molar-refractivity contribution in [2.24, 2.45) is 0 Å². The lowest BCUT2D eigenvalue weighted by atomic mass is 10.1. The summed E-state index contributed by atoms with van der Waals surface area (Å²) in [5, 5.41) is 6.30. The van der Waals surface area contributed by atoms with Crippen LogP contribution in [0.2, 0.25) is 0 Å². The minimum Gasteiger partial charge on any atom is -0.325 e. The number of carbonyl (C=O) groups excluding carboxylic acids is 1. The van der Waals surface area contributed by atoms with Crippen LogP contribution in [-0.4, -0.2) is 18.2 Å². The third-order valence-electron chi connectivity index (χ3n) is 3.31. The highest BCUT2D eigenvalue weighted by Gasteiger charge is 2.07. The molecule has 0 aliphatic heterocycles. The predicted octanol–water partition coefficient (Wildman–Crippen LogP) is 4.26. The van der Waals surface area contributed by atoms with E-state index in [4.69, 9.17) is 0 Å². The molecule has 5 heteroatoms. The topological polar surface area (TPSA) is 41.1 Å². The molecule has 0 aliphatic rings. The van der Waals surface area contributed by atoms with E-state index in [1.807, 2.05) is 42.5 Å². The lowest BCUT2D eigenvalue weighted by molar-refractivity contribution is -0.113. The maximum atomic E-state index is 12.2. The summed E-state index contributed by atoms with van der Waals surface area (Å²) in [6, 6.07) is 16.0. The summed E-state index contributed by atoms with van der Waals surface area (Å²) in [7, 11) is 0. The van der Waals surface area contributed by atoms with Crippen molar-refractivity contribution in [1.82, 2.24) is 5.32 Å². The molecule has 1 amide bonds. The molecular weight excluding hydrogens is 328 g/mol.